The molecule has 0 spiro atoms. The van der Waals surface area contributed by atoms with Crippen LogP contribution in [0.2, 0.25) is 0 Å². The number of nitro groups is 1. The quantitative estimate of drug-likeness (QED) is 0.379. The lowest BCUT2D eigenvalue weighted by Crippen LogP contribution is -1.91. The number of halogens is 1. The summed E-state index contributed by atoms with van der Waals surface area (Å²) in [7, 11) is 0. The van der Waals surface area contributed by atoms with Crippen LogP contribution in [0.5, 0.6) is 0 Å². The van der Waals surface area contributed by atoms with Gasteiger partial charge in [-0.2, -0.15) is 0 Å². The van der Waals surface area contributed by atoms with Crippen LogP contribution in [0, 0.1) is 13.7 Å². The number of hydrogen-bond donors (Lipinski definition) is 0. The molecule has 0 radical (unpaired) electrons. The average molecular weight is 365 g/mol. The maximum atomic E-state index is 10.9. The highest BCUT2D eigenvalue weighted by atomic mass is 127. The van der Waals surface area contributed by atoms with E-state index in [-0.39, 0.29) is 10.6 Å². The van der Waals surface area contributed by atoms with Crippen molar-refractivity contribution in [3.63, 3.8) is 0 Å². The number of benzene rings is 2. The third-order valence-electron chi connectivity index (χ3n) is 2.85. The van der Waals surface area contributed by atoms with Gasteiger partial charge in [-0.05, 0) is 46.9 Å². The summed E-state index contributed by atoms with van der Waals surface area (Å²) in [6.45, 7) is 0. The van der Waals surface area contributed by atoms with E-state index in [1.807, 2.05) is 59.0 Å². The molecule has 0 bridgehead atoms. The highest BCUT2D eigenvalue weighted by molar-refractivity contribution is 14.1. The Morgan fingerprint density at radius 1 is 1.11 bits per heavy atom. The molecule has 1 heterocycles. The predicted molar refractivity (Wildman–Crippen MR) is 81.0 cm³/mol. The zero-order valence-corrected chi connectivity index (χ0v) is 11.8. The van der Waals surface area contributed by atoms with Crippen molar-refractivity contribution in [1.82, 2.24) is 0 Å². The Hall–Kier alpha value is -1.89. The van der Waals surface area contributed by atoms with Gasteiger partial charge in [-0.15, -0.1) is 0 Å². The topological polar surface area (TPSA) is 56.3 Å². The van der Waals surface area contributed by atoms with Crippen molar-refractivity contribution in [3.05, 3.63) is 62.2 Å². The van der Waals surface area contributed by atoms with Crippen molar-refractivity contribution < 1.29 is 9.34 Å². The van der Waals surface area contributed by atoms with Gasteiger partial charge in [-0.1, -0.05) is 18.2 Å². The van der Waals surface area contributed by atoms with Crippen LogP contribution < -0.4 is 0 Å². The maximum absolute atomic E-state index is 10.9. The smallest absolute Gasteiger partial charge is 0.283 e. The largest absolute Gasteiger partial charge is 0.456 e. The van der Waals surface area contributed by atoms with Gasteiger partial charge >= 0.3 is 0 Å². The fourth-order valence-electron chi connectivity index (χ4n) is 1.93. The van der Waals surface area contributed by atoms with Crippen LogP contribution in [0.3, 0.4) is 0 Å². The minimum atomic E-state index is -0.381. The summed E-state index contributed by atoms with van der Waals surface area (Å²) in [5, 5.41) is 11.9. The number of nitro benzene ring substituents is 1. The molecular formula is C14H8INO3. The predicted octanol–water partition coefficient (Wildman–Crippen LogP) is 4.61. The lowest BCUT2D eigenvalue weighted by atomic mass is 10.1. The lowest BCUT2D eigenvalue weighted by Gasteiger charge is -1.99. The number of hydrogen-bond acceptors (Lipinski definition) is 3. The molecule has 0 unspecified atom stereocenters. The SMILES string of the molecule is O=[N+]([O-])c1cc(-c2cc3ccccc3o2)ccc1I. The lowest BCUT2D eigenvalue weighted by molar-refractivity contribution is -0.385. The van der Waals surface area contributed by atoms with Crippen LogP contribution in [-0.2, 0) is 0 Å². The Morgan fingerprint density at radius 2 is 1.89 bits per heavy atom. The zero-order chi connectivity index (χ0) is 13.4. The number of furan rings is 1. The molecule has 0 aliphatic rings. The molecule has 0 saturated carbocycles. The van der Waals surface area contributed by atoms with Crippen molar-refractivity contribution in [2.75, 3.05) is 0 Å². The molecule has 0 N–H and O–H groups in total. The van der Waals surface area contributed by atoms with Gasteiger partial charge in [0, 0.05) is 17.0 Å². The molecule has 4 nitrogen and oxygen atoms in total. The fraction of sp³-hybridized carbons (Fsp3) is 0. The van der Waals surface area contributed by atoms with E-state index in [2.05, 4.69) is 0 Å². The van der Waals surface area contributed by atoms with Gasteiger partial charge in [0.2, 0.25) is 0 Å². The van der Waals surface area contributed by atoms with Gasteiger partial charge in [-0.3, -0.25) is 10.1 Å². The van der Waals surface area contributed by atoms with Crippen LogP contribution in [0.25, 0.3) is 22.3 Å². The second kappa shape index (κ2) is 4.65. The minimum absolute atomic E-state index is 0.0959. The summed E-state index contributed by atoms with van der Waals surface area (Å²) in [5.74, 6) is 0.640. The first-order chi connectivity index (χ1) is 9.15. The number of fused-ring (bicyclic) bond motifs is 1. The Kier molecular flexibility index (Phi) is 2.98. The summed E-state index contributed by atoms with van der Waals surface area (Å²) in [5.41, 5.74) is 1.58. The molecule has 0 fully saturated rings. The van der Waals surface area contributed by atoms with Gasteiger partial charge in [-0.25, -0.2) is 0 Å². The normalized spacial score (nSPS) is 10.8. The molecule has 1 aromatic heterocycles. The number of nitrogens with zero attached hydrogens (tertiary/aromatic N) is 1. The van der Waals surface area contributed by atoms with E-state index in [0.29, 0.717) is 14.9 Å². The molecule has 94 valence electrons. The van der Waals surface area contributed by atoms with Crippen LogP contribution >= 0.6 is 22.6 Å². The van der Waals surface area contributed by atoms with E-state index in [9.17, 15) is 10.1 Å². The first-order valence-corrected chi connectivity index (χ1v) is 6.66. The summed E-state index contributed by atoms with van der Waals surface area (Å²) in [6, 6.07) is 14.6. The van der Waals surface area contributed by atoms with Gasteiger partial charge in [0.25, 0.3) is 5.69 Å². The van der Waals surface area contributed by atoms with Crippen molar-refractivity contribution in [3.8, 4) is 11.3 Å². The second-order valence-corrected chi connectivity index (χ2v) is 5.23. The number of para-hydroxylation sites is 1. The summed E-state index contributed by atoms with van der Waals surface area (Å²) < 4.78 is 6.32. The van der Waals surface area contributed by atoms with Crippen molar-refractivity contribution >= 4 is 39.2 Å². The van der Waals surface area contributed by atoms with E-state index >= 15 is 0 Å². The highest BCUT2D eigenvalue weighted by Gasteiger charge is 2.15. The van der Waals surface area contributed by atoms with Crippen LogP contribution in [0.1, 0.15) is 0 Å². The molecule has 3 aromatic rings. The monoisotopic (exact) mass is 365 g/mol. The molecule has 0 aliphatic heterocycles. The average Bonchev–Trinajstić information content (AvgIpc) is 2.82. The van der Waals surface area contributed by atoms with Gasteiger partial charge in [0.1, 0.15) is 11.3 Å². The molecule has 2 aromatic carbocycles. The molecule has 0 amide bonds. The molecule has 0 atom stereocenters. The second-order valence-electron chi connectivity index (χ2n) is 4.07. The minimum Gasteiger partial charge on any atom is -0.456 e. The Morgan fingerprint density at radius 3 is 2.63 bits per heavy atom. The standard InChI is InChI=1S/C14H8INO3/c15-11-6-5-10(7-12(11)16(17)18)14-8-9-3-1-2-4-13(9)19-14/h1-8H. The van der Waals surface area contributed by atoms with E-state index in [4.69, 9.17) is 4.42 Å². The maximum Gasteiger partial charge on any atom is 0.283 e. The fourth-order valence-corrected chi connectivity index (χ4v) is 2.46. The molecule has 3 rings (SSSR count). The van der Waals surface area contributed by atoms with Crippen molar-refractivity contribution in [2.45, 2.75) is 0 Å². The van der Waals surface area contributed by atoms with E-state index in [0.717, 1.165) is 11.0 Å². The zero-order valence-electron chi connectivity index (χ0n) is 9.67. The molecule has 0 aliphatic carbocycles. The third-order valence-corrected chi connectivity index (χ3v) is 3.77. The van der Waals surface area contributed by atoms with Crippen LogP contribution in [0.4, 0.5) is 5.69 Å². The molecule has 0 saturated heterocycles. The van der Waals surface area contributed by atoms with Crippen molar-refractivity contribution in [1.29, 1.82) is 0 Å². The first-order valence-electron chi connectivity index (χ1n) is 5.58. The van der Waals surface area contributed by atoms with E-state index in [1.54, 1.807) is 12.1 Å². The highest BCUT2D eigenvalue weighted by Crippen LogP contribution is 2.31. The van der Waals surface area contributed by atoms with E-state index in [1.165, 1.54) is 0 Å². The summed E-state index contributed by atoms with van der Waals surface area (Å²) >= 11 is 1.95. The Bertz CT molecular complexity index is 746. The molecular weight excluding hydrogens is 357 g/mol. The third kappa shape index (κ3) is 2.21. The van der Waals surface area contributed by atoms with E-state index < -0.39 is 0 Å². The Labute approximate surface area is 122 Å². The van der Waals surface area contributed by atoms with Gasteiger partial charge in [0.05, 0.1) is 8.49 Å². The van der Waals surface area contributed by atoms with Gasteiger partial charge < -0.3 is 4.42 Å². The molecule has 5 heteroatoms. The summed E-state index contributed by atoms with van der Waals surface area (Å²) in [6.07, 6.45) is 0. The van der Waals surface area contributed by atoms with Gasteiger partial charge in [0.15, 0.2) is 0 Å². The number of rotatable bonds is 2. The molecule has 19 heavy (non-hydrogen) atoms. The van der Waals surface area contributed by atoms with Crippen molar-refractivity contribution in [2.24, 2.45) is 0 Å². The Balaban J connectivity index is 2.16. The first kappa shape index (κ1) is 12.2. The van der Waals surface area contributed by atoms with Crippen LogP contribution in [0.15, 0.2) is 52.9 Å². The summed E-state index contributed by atoms with van der Waals surface area (Å²) in [4.78, 5) is 10.6. The van der Waals surface area contributed by atoms with Crippen LogP contribution in [-0.4, -0.2) is 4.92 Å².